The Bertz CT molecular complexity index is 493. The van der Waals surface area contributed by atoms with Gasteiger partial charge in [0.15, 0.2) is 0 Å². The van der Waals surface area contributed by atoms with E-state index in [0.717, 1.165) is 19.1 Å². The minimum Gasteiger partial charge on any atom is -0.397 e. The van der Waals surface area contributed by atoms with E-state index in [0.29, 0.717) is 0 Å². The highest BCUT2D eigenvalue weighted by atomic mass is 16.2. The fraction of sp³-hybridized carbons (Fsp3) is 0.455. The Morgan fingerprint density at radius 2 is 1.21 bits per heavy atom. The highest BCUT2D eigenvalue weighted by Gasteiger charge is 2.21. The van der Waals surface area contributed by atoms with Crippen LogP contribution in [0.5, 0.6) is 0 Å². The van der Waals surface area contributed by atoms with Crippen molar-refractivity contribution < 1.29 is 5.11 Å². The Labute approximate surface area is 147 Å². The van der Waals surface area contributed by atoms with Crippen molar-refractivity contribution in [2.24, 2.45) is 0 Å². The van der Waals surface area contributed by atoms with Crippen LogP contribution in [-0.2, 0) is 13.1 Å². The van der Waals surface area contributed by atoms with Crippen LogP contribution in [0.25, 0.3) is 0 Å². The molecule has 2 aromatic rings. The highest BCUT2D eigenvalue weighted by molar-refractivity contribution is 5.17. The van der Waals surface area contributed by atoms with Crippen molar-refractivity contribution in [1.29, 1.82) is 0 Å². The van der Waals surface area contributed by atoms with Gasteiger partial charge in [0.2, 0.25) is 0 Å². The smallest absolute Gasteiger partial charge is 0.0402 e. The van der Waals surface area contributed by atoms with Gasteiger partial charge < -0.3 is 5.11 Å². The third-order valence-corrected chi connectivity index (χ3v) is 4.55. The molecule has 1 fully saturated rings. The summed E-state index contributed by atoms with van der Waals surface area (Å²) in [5.41, 5.74) is 2.86. The van der Waals surface area contributed by atoms with E-state index in [1.54, 1.807) is 6.92 Å². The quantitative estimate of drug-likeness (QED) is 0.834. The van der Waals surface area contributed by atoms with Gasteiger partial charge in [0.25, 0.3) is 0 Å². The summed E-state index contributed by atoms with van der Waals surface area (Å²) in [6.45, 7) is 4.07. The molecular formula is C22H31NO. The van der Waals surface area contributed by atoms with Gasteiger partial charge in [-0.05, 0) is 30.9 Å². The van der Waals surface area contributed by atoms with Crippen LogP contribution in [-0.4, -0.2) is 22.7 Å². The van der Waals surface area contributed by atoms with Crippen molar-refractivity contribution in [3.63, 3.8) is 0 Å². The van der Waals surface area contributed by atoms with Crippen molar-refractivity contribution in [2.45, 2.75) is 58.2 Å². The van der Waals surface area contributed by atoms with Crippen LogP contribution in [0, 0.1) is 0 Å². The molecule has 3 rings (SSSR count). The summed E-state index contributed by atoms with van der Waals surface area (Å²) >= 11 is 0. The minimum atomic E-state index is 0.250. The number of benzene rings is 2. The molecule has 1 aliphatic carbocycles. The van der Waals surface area contributed by atoms with Gasteiger partial charge in [-0.15, -0.1) is 0 Å². The van der Waals surface area contributed by atoms with E-state index in [-0.39, 0.29) is 6.61 Å². The average Bonchev–Trinajstić information content (AvgIpc) is 2.64. The van der Waals surface area contributed by atoms with Crippen molar-refractivity contribution in [1.82, 2.24) is 4.90 Å². The van der Waals surface area contributed by atoms with Crippen LogP contribution in [0.3, 0.4) is 0 Å². The van der Waals surface area contributed by atoms with Gasteiger partial charge >= 0.3 is 0 Å². The molecule has 0 radical (unpaired) electrons. The lowest BCUT2D eigenvalue weighted by molar-refractivity contribution is 0.140. The highest BCUT2D eigenvalue weighted by Crippen LogP contribution is 2.25. The van der Waals surface area contributed by atoms with Crippen molar-refractivity contribution in [2.75, 3.05) is 6.61 Å². The maximum absolute atomic E-state index is 7.57. The fourth-order valence-corrected chi connectivity index (χ4v) is 3.40. The summed E-state index contributed by atoms with van der Waals surface area (Å²) < 4.78 is 0. The Morgan fingerprint density at radius 3 is 1.62 bits per heavy atom. The topological polar surface area (TPSA) is 23.5 Å². The van der Waals surface area contributed by atoms with Gasteiger partial charge in [0, 0.05) is 25.7 Å². The molecule has 0 spiro atoms. The summed E-state index contributed by atoms with van der Waals surface area (Å²) in [5.74, 6) is 0. The SMILES string of the molecule is CCO.c1ccc(CN(Cc2ccccc2)C2CCCCC2)cc1. The summed E-state index contributed by atoms with van der Waals surface area (Å²) in [4.78, 5) is 2.68. The first kappa shape index (κ1) is 18.7. The number of aliphatic hydroxyl groups is 1. The van der Waals surface area contributed by atoms with Crippen LogP contribution in [0.1, 0.15) is 50.2 Å². The van der Waals surface area contributed by atoms with Crippen molar-refractivity contribution in [3.05, 3.63) is 71.8 Å². The van der Waals surface area contributed by atoms with Crippen LogP contribution in [0.4, 0.5) is 0 Å². The molecule has 1 aliphatic rings. The molecule has 0 bridgehead atoms. The van der Waals surface area contributed by atoms with Crippen LogP contribution in [0.2, 0.25) is 0 Å². The van der Waals surface area contributed by atoms with Gasteiger partial charge in [-0.1, -0.05) is 79.9 Å². The van der Waals surface area contributed by atoms with E-state index in [1.807, 2.05) is 0 Å². The summed E-state index contributed by atoms with van der Waals surface area (Å²) in [6.07, 6.45) is 6.93. The lowest BCUT2D eigenvalue weighted by Crippen LogP contribution is -2.35. The number of hydrogen-bond donors (Lipinski definition) is 1. The van der Waals surface area contributed by atoms with Crippen molar-refractivity contribution >= 4 is 0 Å². The van der Waals surface area contributed by atoms with E-state index >= 15 is 0 Å². The Balaban J connectivity index is 0.000000647. The Hall–Kier alpha value is -1.64. The predicted octanol–water partition coefficient (Wildman–Crippen LogP) is 5.02. The minimum absolute atomic E-state index is 0.250. The van der Waals surface area contributed by atoms with E-state index in [1.165, 1.54) is 43.2 Å². The number of nitrogens with zero attached hydrogens (tertiary/aromatic N) is 1. The third-order valence-electron chi connectivity index (χ3n) is 4.55. The molecule has 1 saturated carbocycles. The van der Waals surface area contributed by atoms with Gasteiger partial charge in [0.1, 0.15) is 0 Å². The van der Waals surface area contributed by atoms with E-state index < -0.39 is 0 Å². The summed E-state index contributed by atoms with van der Waals surface area (Å²) in [5, 5.41) is 7.57. The molecule has 0 aromatic heterocycles. The zero-order valence-corrected chi connectivity index (χ0v) is 14.9. The molecule has 2 nitrogen and oxygen atoms in total. The first-order valence-electron chi connectivity index (χ1n) is 9.26. The molecule has 0 aliphatic heterocycles. The molecule has 2 heteroatoms. The van der Waals surface area contributed by atoms with Crippen LogP contribution < -0.4 is 0 Å². The normalized spacial score (nSPS) is 15.0. The van der Waals surface area contributed by atoms with Gasteiger partial charge in [-0.3, -0.25) is 4.90 Å². The lowest BCUT2D eigenvalue weighted by Gasteiger charge is -2.34. The second-order valence-corrected chi connectivity index (χ2v) is 6.48. The lowest BCUT2D eigenvalue weighted by atomic mass is 9.93. The number of rotatable bonds is 5. The summed E-state index contributed by atoms with van der Waals surface area (Å²) in [7, 11) is 0. The predicted molar refractivity (Wildman–Crippen MR) is 102 cm³/mol. The van der Waals surface area contributed by atoms with E-state index in [4.69, 9.17) is 5.11 Å². The maximum Gasteiger partial charge on any atom is 0.0402 e. The van der Waals surface area contributed by atoms with Gasteiger partial charge in [-0.25, -0.2) is 0 Å². The molecule has 0 saturated heterocycles. The van der Waals surface area contributed by atoms with E-state index in [2.05, 4.69) is 65.6 Å². The largest absolute Gasteiger partial charge is 0.397 e. The Kier molecular flexibility index (Phi) is 8.58. The average molecular weight is 325 g/mol. The first-order chi connectivity index (χ1) is 11.8. The molecule has 1 N–H and O–H groups in total. The monoisotopic (exact) mass is 325 g/mol. The molecule has 0 heterocycles. The zero-order chi connectivity index (χ0) is 17.0. The molecule has 0 atom stereocenters. The fourth-order valence-electron chi connectivity index (χ4n) is 3.40. The van der Waals surface area contributed by atoms with Crippen LogP contribution in [0.15, 0.2) is 60.7 Å². The molecule has 2 aromatic carbocycles. The maximum atomic E-state index is 7.57. The standard InChI is InChI=1S/C20H25N.C2H6O/c1-4-10-18(11-5-1)16-21(20-14-8-3-9-15-20)17-19-12-6-2-7-13-19;1-2-3/h1-2,4-7,10-13,20H,3,8-9,14-17H2;3H,2H2,1H3. The Morgan fingerprint density at radius 1 is 0.792 bits per heavy atom. The van der Waals surface area contributed by atoms with Gasteiger partial charge in [-0.2, -0.15) is 0 Å². The van der Waals surface area contributed by atoms with Gasteiger partial charge in [0.05, 0.1) is 0 Å². The molecule has 0 amide bonds. The zero-order valence-electron chi connectivity index (χ0n) is 14.9. The number of aliphatic hydroxyl groups excluding tert-OH is 1. The molecule has 0 unspecified atom stereocenters. The first-order valence-corrected chi connectivity index (χ1v) is 9.26. The number of hydrogen-bond acceptors (Lipinski definition) is 2. The molecular weight excluding hydrogens is 294 g/mol. The molecule has 24 heavy (non-hydrogen) atoms. The third kappa shape index (κ3) is 6.46. The second-order valence-electron chi connectivity index (χ2n) is 6.48. The second kappa shape index (κ2) is 11.0. The summed E-state index contributed by atoms with van der Waals surface area (Å²) in [6, 6.07) is 22.6. The van der Waals surface area contributed by atoms with Crippen LogP contribution >= 0.6 is 0 Å². The molecule has 130 valence electrons. The van der Waals surface area contributed by atoms with E-state index in [9.17, 15) is 0 Å². The van der Waals surface area contributed by atoms with Crippen molar-refractivity contribution in [3.8, 4) is 0 Å².